The van der Waals surface area contributed by atoms with E-state index in [0.29, 0.717) is 12.0 Å². The van der Waals surface area contributed by atoms with Crippen LogP contribution in [0.25, 0.3) is 0 Å². The lowest BCUT2D eigenvalue weighted by molar-refractivity contribution is 0.496. The number of thioether (sulfide) groups is 1. The van der Waals surface area contributed by atoms with Crippen molar-refractivity contribution in [3.63, 3.8) is 0 Å². The quantitative estimate of drug-likeness (QED) is 0.792. The molecule has 1 fully saturated rings. The highest BCUT2D eigenvalue weighted by molar-refractivity contribution is 7.99. The van der Waals surface area contributed by atoms with Gasteiger partial charge in [-0.15, -0.1) is 0 Å². The second-order valence-electron chi connectivity index (χ2n) is 4.07. The molecule has 1 aromatic heterocycles. The van der Waals surface area contributed by atoms with Gasteiger partial charge in [0.05, 0.1) is 5.69 Å². The maximum absolute atomic E-state index is 6.03. The molecule has 1 aliphatic heterocycles. The Morgan fingerprint density at radius 1 is 1.64 bits per heavy atom. The number of nitrogens with zero attached hydrogens (tertiary/aromatic N) is 2. The Hall–Kier alpha value is -0.480. The average Bonchev–Trinajstić information content (AvgIpc) is 2.62. The van der Waals surface area contributed by atoms with E-state index in [1.165, 1.54) is 11.4 Å². The first kappa shape index (κ1) is 10.1. The van der Waals surface area contributed by atoms with Gasteiger partial charge in [0.15, 0.2) is 0 Å². The Labute approximate surface area is 89.1 Å². The summed E-state index contributed by atoms with van der Waals surface area (Å²) >= 11 is 1.97. The lowest BCUT2D eigenvalue weighted by atomic mass is 9.98. The van der Waals surface area contributed by atoms with Crippen molar-refractivity contribution in [1.82, 2.24) is 9.78 Å². The Kier molecular flexibility index (Phi) is 2.83. The van der Waals surface area contributed by atoms with E-state index in [1.807, 2.05) is 30.4 Å². The van der Waals surface area contributed by atoms with Crippen molar-refractivity contribution in [2.75, 3.05) is 11.5 Å². The minimum Gasteiger partial charge on any atom is -0.327 e. The van der Waals surface area contributed by atoms with E-state index < -0.39 is 0 Å². The molecule has 2 N–H and O–H groups in total. The summed E-state index contributed by atoms with van der Waals surface area (Å²) in [7, 11) is 2.01. The van der Waals surface area contributed by atoms with Crippen molar-refractivity contribution in [3.8, 4) is 0 Å². The van der Waals surface area contributed by atoms with Gasteiger partial charge < -0.3 is 5.73 Å². The van der Waals surface area contributed by atoms with Crippen LogP contribution >= 0.6 is 11.8 Å². The monoisotopic (exact) mass is 211 g/mol. The maximum Gasteiger partial charge on any atom is 0.0596 e. The predicted molar refractivity (Wildman–Crippen MR) is 60.4 cm³/mol. The molecule has 0 amide bonds. The number of hydrogen-bond acceptors (Lipinski definition) is 3. The van der Waals surface area contributed by atoms with Crippen LogP contribution in [0.2, 0.25) is 0 Å². The Balaban J connectivity index is 2.06. The van der Waals surface area contributed by atoms with E-state index in [9.17, 15) is 0 Å². The van der Waals surface area contributed by atoms with Gasteiger partial charge in [0.25, 0.3) is 0 Å². The molecule has 0 saturated carbocycles. The van der Waals surface area contributed by atoms with Crippen molar-refractivity contribution >= 4 is 11.8 Å². The van der Waals surface area contributed by atoms with Gasteiger partial charge in [-0.25, -0.2) is 0 Å². The first-order valence-corrected chi connectivity index (χ1v) is 6.15. The summed E-state index contributed by atoms with van der Waals surface area (Å²) in [5.41, 5.74) is 8.44. The summed E-state index contributed by atoms with van der Waals surface area (Å²) in [4.78, 5) is 0. The van der Waals surface area contributed by atoms with Gasteiger partial charge in [0, 0.05) is 24.5 Å². The first-order chi connectivity index (χ1) is 6.66. The molecule has 14 heavy (non-hydrogen) atoms. The van der Waals surface area contributed by atoms with E-state index in [4.69, 9.17) is 5.73 Å². The van der Waals surface area contributed by atoms with Crippen LogP contribution in [-0.2, 0) is 13.5 Å². The molecule has 2 heterocycles. The smallest absolute Gasteiger partial charge is 0.0596 e. The molecule has 1 aliphatic rings. The van der Waals surface area contributed by atoms with Gasteiger partial charge in [0.1, 0.15) is 0 Å². The third kappa shape index (κ3) is 1.96. The Bertz CT molecular complexity index is 321. The highest BCUT2D eigenvalue weighted by atomic mass is 32.2. The predicted octanol–water partition coefficient (Wildman–Crippen LogP) is 0.961. The van der Waals surface area contributed by atoms with Crippen molar-refractivity contribution in [1.29, 1.82) is 0 Å². The van der Waals surface area contributed by atoms with Crippen molar-refractivity contribution in [2.24, 2.45) is 18.7 Å². The Morgan fingerprint density at radius 2 is 2.43 bits per heavy atom. The normalized spacial score (nSPS) is 27.1. The van der Waals surface area contributed by atoms with Crippen LogP contribution in [0.1, 0.15) is 11.4 Å². The molecule has 2 unspecified atom stereocenters. The maximum atomic E-state index is 6.03. The van der Waals surface area contributed by atoms with E-state index in [0.717, 1.165) is 17.9 Å². The van der Waals surface area contributed by atoms with Crippen molar-refractivity contribution in [2.45, 2.75) is 19.4 Å². The molecule has 1 saturated heterocycles. The fraction of sp³-hybridized carbons (Fsp3) is 0.700. The minimum atomic E-state index is 0.371. The number of aryl methyl sites for hydroxylation is 2. The van der Waals surface area contributed by atoms with Crippen molar-refractivity contribution in [3.05, 3.63) is 17.5 Å². The molecule has 0 aromatic carbocycles. The van der Waals surface area contributed by atoms with Crippen LogP contribution in [0, 0.1) is 12.8 Å². The molecule has 2 rings (SSSR count). The average molecular weight is 211 g/mol. The number of aromatic nitrogens is 2. The Morgan fingerprint density at radius 3 is 2.93 bits per heavy atom. The standard InChI is InChI=1S/C10H17N3S/c1-7-3-9(13(2)12-7)4-8-5-14-6-10(8)11/h3,8,10H,4-6,11H2,1-2H3. The molecule has 4 heteroatoms. The van der Waals surface area contributed by atoms with E-state index in [1.54, 1.807) is 0 Å². The van der Waals surface area contributed by atoms with Crippen LogP contribution in [-0.4, -0.2) is 27.3 Å². The van der Waals surface area contributed by atoms with E-state index in [-0.39, 0.29) is 0 Å². The van der Waals surface area contributed by atoms with Crippen LogP contribution < -0.4 is 5.73 Å². The second kappa shape index (κ2) is 3.95. The molecule has 1 aromatic rings. The SMILES string of the molecule is Cc1cc(CC2CSCC2N)n(C)n1. The number of hydrogen-bond donors (Lipinski definition) is 1. The van der Waals surface area contributed by atoms with Crippen LogP contribution in [0.15, 0.2) is 6.07 Å². The second-order valence-corrected chi connectivity index (χ2v) is 5.14. The zero-order valence-corrected chi connectivity index (χ0v) is 9.55. The number of nitrogens with two attached hydrogens (primary N) is 1. The molecule has 0 radical (unpaired) electrons. The minimum absolute atomic E-state index is 0.371. The molecular weight excluding hydrogens is 194 g/mol. The highest BCUT2D eigenvalue weighted by Gasteiger charge is 2.25. The van der Waals surface area contributed by atoms with Crippen molar-refractivity contribution < 1.29 is 0 Å². The summed E-state index contributed by atoms with van der Waals surface area (Å²) < 4.78 is 1.98. The van der Waals surface area contributed by atoms with Gasteiger partial charge >= 0.3 is 0 Å². The zero-order chi connectivity index (χ0) is 10.1. The van der Waals surface area contributed by atoms with Gasteiger partial charge in [0.2, 0.25) is 0 Å². The van der Waals surface area contributed by atoms with Gasteiger partial charge in [-0.1, -0.05) is 0 Å². The topological polar surface area (TPSA) is 43.8 Å². The van der Waals surface area contributed by atoms with Crippen LogP contribution in [0.3, 0.4) is 0 Å². The van der Waals surface area contributed by atoms with E-state index in [2.05, 4.69) is 11.2 Å². The van der Waals surface area contributed by atoms with Crippen LogP contribution in [0.5, 0.6) is 0 Å². The van der Waals surface area contributed by atoms with E-state index >= 15 is 0 Å². The molecule has 0 aliphatic carbocycles. The fourth-order valence-electron chi connectivity index (χ4n) is 1.95. The highest BCUT2D eigenvalue weighted by Crippen LogP contribution is 2.25. The van der Waals surface area contributed by atoms with Gasteiger partial charge in [-0.3, -0.25) is 4.68 Å². The third-order valence-corrected chi connectivity index (χ3v) is 4.10. The first-order valence-electron chi connectivity index (χ1n) is 4.99. The summed E-state index contributed by atoms with van der Waals surface area (Å²) in [6.45, 7) is 2.03. The molecule has 0 spiro atoms. The van der Waals surface area contributed by atoms with Gasteiger partial charge in [-0.05, 0) is 31.1 Å². The largest absolute Gasteiger partial charge is 0.327 e. The third-order valence-electron chi connectivity index (χ3n) is 2.82. The summed E-state index contributed by atoms with van der Waals surface area (Å²) in [5.74, 6) is 2.95. The molecule has 0 bridgehead atoms. The lowest BCUT2D eigenvalue weighted by Gasteiger charge is -2.13. The fourth-order valence-corrected chi connectivity index (χ4v) is 3.30. The molecule has 78 valence electrons. The molecule has 3 nitrogen and oxygen atoms in total. The summed E-state index contributed by atoms with van der Waals surface area (Å²) in [6.07, 6.45) is 1.07. The summed E-state index contributed by atoms with van der Waals surface area (Å²) in [5, 5.41) is 4.35. The van der Waals surface area contributed by atoms with Gasteiger partial charge in [-0.2, -0.15) is 16.9 Å². The molecular formula is C10H17N3S. The summed E-state index contributed by atoms with van der Waals surface area (Å²) in [6, 6.07) is 2.53. The number of rotatable bonds is 2. The lowest BCUT2D eigenvalue weighted by Crippen LogP contribution is -2.30. The van der Waals surface area contributed by atoms with Crippen LogP contribution in [0.4, 0.5) is 0 Å². The molecule has 2 atom stereocenters. The zero-order valence-electron chi connectivity index (χ0n) is 8.73.